The molecule has 0 aliphatic carbocycles. The van der Waals surface area contributed by atoms with E-state index in [0.29, 0.717) is 0 Å². The first-order valence-corrected chi connectivity index (χ1v) is 9.62. The smallest absolute Gasteiger partial charge is 0.145 e. The summed E-state index contributed by atoms with van der Waals surface area (Å²) in [7, 11) is 0. The molecule has 10 atom stereocenters. The highest BCUT2D eigenvalue weighted by Gasteiger charge is 2.59. The summed E-state index contributed by atoms with van der Waals surface area (Å²) >= 11 is 0. The number of aliphatic hydroxyl groups is 8. The minimum atomic E-state index is -2.33. The van der Waals surface area contributed by atoms with Crippen LogP contribution in [-0.4, -0.2) is 115 Å². The highest BCUT2D eigenvalue weighted by Crippen LogP contribution is 2.34. The first kappa shape index (κ1) is 23.2. The van der Waals surface area contributed by atoms with Crippen molar-refractivity contribution in [3.8, 4) is 0 Å². The van der Waals surface area contributed by atoms with Crippen LogP contribution in [0.25, 0.3) is 6.08 Å². The van der Waals surface area contributed by atoms with Gasteiger partial charge in [-0.2, -0.15) is 0 Å². The molecule has 0 saturated carbocycles. The maximum atomic E-state index is 10.8. The van der Waals surface area contributed by atoms with Gasteiger partial charge in [-0.25, -0.2) is 0 Å². The number of ether oxygens (including phenoxy) is 2. The predicted octanol–water partition coefficient (Wildman–Crippen LogP) is -3.25. The third-order valence-corrected chi connectivity index (χ3v) is 5.64. The van der Waals surface area contributed by atoms with E-state index >= 15 is 0 Å². The molecule has 0 spiro atoms. The van der Waals surface area contributed by atoms with Gasteiger partial charge in [0.15, 0.2) is 0 Å². The molecule has 0 aromatic heterocycles. The number of aliphatic hydroxyl groups excluding tert-OH is 7. The van der Waals surface area contributed by atoms with Gasteiger partial charge in [0.1, 0.15) is 60.5 Å². The van der Waals surface area contributed by atoms with E-state index in [1.807, 2.05) is 6.07 Å². The van der Waals surface area contributed by atoms with Gasteiger partial charge >= 0.3 is 0 Å². The Kier molecular flexibility index (Phi) is 7.25. The second kappa shape index (κ2) is 9.37. The Hall–Kier alpha value is -1.44. The molecule has 168 valence electrons. The average molecular weight is 428 g/mol. The molecule has 2 unspecified atom stereocenters. The second-order valence-corrected chi connectivity index (χ2v) is 7.76. The minimum absolute atomic E-state index is 0.414. The Morgan fingerprint density at radius 3 is 2.27 bits per heavy atom. The summed E-state index contributed by atoms with van der Waals surface area (Å²) in [4.78, 5) is 0. The summed E-state index contributed by atoms with van der Waals surface area (Å²) in [5.74, 6) is 0. The molecule has 2 heterocycles. The first-order valence-electron chi connectivity index (χ1n) is 9.62. The summed E-state index contributed by atoms with van der Waals surface area (Å²) in [5, 5.41) is 81.9. The number of hydrogen-bond donors (Lipinski definition) is 8. The van der Waals surface area contributed by atoms with Gasteiger partial charge in [-0.3, -0.25) is 0 Å². The fourth-order valence-corrected chi connectivity index (χ4v) is 3.77. The molecule has 1 aromatic carbocycles. The fraction of sp³-hybridized carbons (Fsp3) is 0.600. The minimum Gasteiger partial charge on any atom is -0.388 e. The van der Waals surface area contributed by atoms with Gasteiger partial charge in [-0.1, -0.05) is 42.5 Å². The zero-order valence-corrected chi connectivity index (χ0v) is 16.0. The van der Waals surface area contributed by atoms with Crippen LogP contribution in [0.3, 0.4) is 0 Å². The highest BCUT2D eigenvalue weighted by molar-refractivity contribution is 5.49. The number of hydrogen-bond acceptors (Lipinski definition) is 10. The van der Waals surface area contributed by atoms with Crippen LogP contribution in [0.15, 0.2) is 36.4 Å². The molecule has 10 heteroatoms. The molecule has 2 saturated heterocycles. The molecule has 8 N–H and O–H groups in total. The number of rotatable bonds is 5. The molecular formula is C20H28O10. The molecule has 2 aliphatic heterocycles. The van der Waals surface area contributed by atoms with Crippen LogP contribution in [0.5, 0.6) is 0 Å². The van der Waals surface area contributed by atoms with Crippen LogP contribution in [0.1, 0.15) is 5.56 Å². The average Bonchev–Trinajstić information content (AvgIpc) is 2.74. The van der Waals surface area contributed by atoms with Gasteiger partial charge in [0.2, 0.25) is 0 Å². The van der Waals surface area contributed by atoms with Crippen molar-refractivity contribution in [2.45, 2.75) is 60.5 Å². The largest absolute Gasteiger partial charge is 0.388 e. The van der Waals surface area contributed by atoms with E-state index in [2.05, 4.69) is 0 Å². The molecule has 1 aromatic rings. The molecular weight excluding hydrogens is 400 g/mol. The van der Waals surface area contributed by atoms with Crippen molar-refractivity contribution in [3.05, 3.63) is 42.0 Å². The lowest BCUT2D eigenvalue weighted by Gasteiger charge is -2.51. The molecule has 2 aliphatic rings. The molecule has 10 nitrogen and oxygen atoms in total. The van der Waals surface area contributed by atoms with Crippen molar-refractivity contribution in [1.82, 2.24) is 0 Å². The van der Waals surface area contributed by atoms with Crippen molar-refractivity contribution in [2.24, 2.45) is 0 Å². The van der Waals surface area contributed by atoms with Crippen LogP contribution >= 0.6 is 0 Å². The Morgan fingerprint density at radius 2 is 1.60 bits per heavy atom. The number of benzene rings is 1. The van der Waals surface area contributed by atoms with Gasteiger partial charge in [-0.15, -0.1) is 0 Å². The van der Waals surface area contributed by atoms with Crippen molar-refractivity contribution >= 4 is 6.08 Å². The lowest BCUT2D eigenvalue weighted by Crippen LogP contribution is -2.73. The third kappa shape index (κ3) is 4.43. The summed E-state index contributed by atoms with van der Waals surface area (Å²) in [6, 6.07) is 8.99. The van der Waals surface area contributed by atoms with E-state index in [4.69, 9.17) is 9.47 Å². The van der Waals surface area contributed by atoms with E-state index in [0.717, 1.165) is 5.56 Å². The maximum absolute atomic E-state index is 10.8. The normalized spacial score (nSPS) is 42.2. The van der Waals surface area contributed by atoms with Crippen LogP contribution in [0.2, 0.25) is 0 Å². The second-order valence-electron chi connectivity index (χ2n) is 7.76. The summed E-state index contributed by atoms with van der Waals surface area (Å²) in [6.07, 6.45) is -11.8. The van der Waals surface area contributed by atoms with E-state index in [-0.39, 0.29) is 0 Å². The molecule has 2 fully saturated rings. The van der Waals surface area contributed by atoms with E-state index in [9.17, 15) is 40.9 Å². The van der Waals surface area contributed by atoms with Crippen molar-refractivity contribution in [3.63, 3.8) is 0 Å². The van der Waals surface area contributed by atoms with Crippen LogP contribution in [0.4, 0.5) is 0 Å². The zero-order chi connectivity index (χ0) is 22.1. The van der Waals surface area contributed by atoms with E-state index in [1.54, 1.807) is 30.3 Å². The summed E-state index contributed by atoms with van der Waals surface area (Å²) in [6.45, 7) is -1.09. The van der Waals surface area contributed by atoms with Crippen molar-refractivity contribution in [1.29, 1.82) is 0 Å². The molecule has 0 radical (unpaired) electrons. The van der Waals surface area contributed by atoms with Gasteiger partial charge < -0.3 is 50.3 Å². The van der Waals surface area contributed by atoms with Gasteiger partial charge in [0, 0.05) is 0 Å². The Morgan fingerprint density at radius 1 is 0.933 bits per heavy atom. The summed E-state index contributed by atoms with van der Waals surface area (Å²) < 4.78 is 10.5. The van der Waals surface area contributed by atoms with Gasteiger partial charge in [0.05, 0.1) is 13.2 Å². The standard InChI is InChI=1S/C20H28O10/c21-11(7-6-10-4-2-1-3-5-10)14(24)17-16(26)18(27)20(28,9-30-17)19-15(25)13(23)12(22)8-29-19/h1-7,11-19,21-28H,8-9H2/t11?,12-,13-,14?,15+,16-,17-,18+,19-,20+/m1/s1. The van der Waals surface area contributed by atoms with Gasteiger partial charge in [0.25, 0.3) is 0 Å². The molecule has 0 bridgehead atoms. The fourth-order valence-electron chi connectivity index (χ4n) is 3.77. The maximum Gasteiger partial charge on any atom is 0.145 e. The lowest BCUT2D eigenvalue weighted by molar-refractivity contribution is -0.314. The Bertz CT molecular complexity index is 715. The van der Waals surface area contributed by atoms with Crippen LogP contribution in [-0.2, 0) is 9.47 Å². The Labute approximate surface area is 172 Å². The Balaban J connectivity index is 1.68. The molecule has 30 heavy (non-hydrogen) atoms. The quantitative estimate of drug-likeness (QED) is 0.237. The van der Waals surface area contributed by atoms with Crippen molar-refractivity contribution < 1.29 is 50.3 Å². The van der Waals surface area contributed by atoms with Crippen LogP contribution in [0, 0.1) is 0 Å². The monoisotopic (exact) mass is 428 g/mol. The van der Waals surface area contributed by atoms with E-state index < -0.39 is 73.8 Å². The highest BCUT2D eigenvalue weighted by atomic mass is 16.6. The zero-order valence-electron chi connectivity index (χ0n) is 16.0. The predicted molar refractivity (Wildman–Crippen MR) is 102 cm³/mol. The lowest BCUT2D eigenvalue weighted by atomic mass is 9.77. The summed E-state index contributed by atoms with van der Waals surface area (Å²) in [5.41, 5.74) is -1.56. The van der Waals surface area contributed by atoms with Crippen LogP contribution < -0.4 is 0 Å². The molecule has 3 rings (SSSR count). The third-order valence-electron chi connectivity index (χ3n) is 5.64. The topological polar surface area (TPSA) is 180 Å². The first-order chi connectivity index (χ1) is 14.2. The SMILES string of the molecule is OC(C=Cc1ccccc1)C(O)[C@H]1OC[C@@](O)([C@@H]2OC[C@@H](O)[C@@H](O)[C@@H]2O)[C@@H](O)[C@@H]1O. The van der Waals surface area contributed by atoms with E-state index in [1.165, 1.54) is 6.08 Å². The molecule has 0 amide bonds. The van der Waals surface area contributed by atoms with Gasteiger partial charge in [-0.05, 0) is 5.56 Å². The van der Waals surface area contributed by atoms with Crippen molar-refractivity contribution in [2.75, 3.05) is 13.2 Å².